The molecule has 3 heteroatoms. The molecule has 0 rings (SSSR count). The number of halogens is 1. The third-order valence-corrected chi connectivity index (χ3v) is 1.86. The van der Waals surface area contributed by atoms with Crippen molar-refractivity contribution in [2.24, 2.45) is 0 Å². The number of methoxy groups -OCH3 is 1. The molecule has 0 aromatic rings. The Morgan fingerprint density at radius 1 is 1.44 bits per heavy atom. The number of quaternary nitrogens is 1. The van der Waals surface area contributed by atoms with E-state index in [2.05, 4.69) is 0 Å². The molecular weight excluding hydrogens is 138 g/mol. The standard InChI is InChI=1S/C6H15ClNO/c1-8(2,3)6(7)5-9-4/h6H,5H2,1-4H3/q+1. The lowest BCUT2D eigenvalue weighted by Gasteiger charge is -2.28. The second-order valence-corrected chi connectivity index (χ2v) is 3.51. The van der Waals surface area contributed by atoms with E-state index in [1.165, 1.54) is 0 Å². The second kappa shape index (κ2) is 3.40. The molecule has 1 unspecified atom stereocenters. The zero-order chi connectivity index (χ0) is 7.49. The Morgan fingerprint density at radius 2 is 1.89 bits per heavy atom. The Hall–Kier alpha value is 0.210. The van der Waals surface area contributed by atoms with Gasteiger partial charge in [-0.25, -0.2) is 0 Å². The highest BCUT2D eigenvalue weighted by atomic mass is 35.5. The van der Waals surface area contributed by atoms with Gasteiger partial charge in [-0.3, -0.25) is 0 Å². The summed E-state index contributed by atoms with van der Waals surface area (Å²) in [5.74, 6) is 0. The summed E-state index contributed by atoms with van der Waals surface area (Å²) in [6.07, 6.45) is 0. The van der Waals surface area contributed by atoms with Crippen LogP contribution in [0.2, 0.25) is 0 Å². The van der Waals surface area contributed by atoms with Crippen LogP contribution >= 0.6 is 11.6 Å². The number of ether oxygens (including phenoxy) is 1. The number of rotatable bonds is 3. The number of likely N-dealkylation sites (N-methyl/N-ethyl adjacent to an activating group) is 1. The summed E-state index contributed by atoms with van der Waals surface area (Å²) < 4.78 is 5.61. The SMILES string of the molecule is COCC(Cl)[N+](C)(C)C. The van der Waals surface area contributed by atoms with Gasteiger partial charge in [0, 0.05) is 7.11 Å². The van der Waals surface area contributed by atoms with Gasteiger partial charge >= 0.3 is 0 Å². The Kier molecular flexibility index (Phi) is 3.48. The lowest BCUT2D eigenvalue weighted by molar-refractivity contribution is -0.883. The van der Waals surface area contributed by atoms with Gasteiger partial charge in [-0.05, 0) is 0 Å². The van der Waals surface area contributed by atoms with Crippen molar-refractivity contribution in [3.05, 3.63) is 0 Å². The first kappa shape index (κ1) is 9.21. The average molecular weight is 153 g/mol. The summed E-state index contributed by atoms with van der Waals surface area (Å²) in [7, 11) is 7.77. The predicted octanol–water partition coefficient (Wildman–Crippen LogP) is 0.904. The Bertz CT molecular complexity index is 79.6. The molecule has 0 aromatic carbocycles. The molecule has 0 saturated heterocycles. The Labute approximate surface area is 62.0 Å². The summed E-state index contributed by atoms with van der Waals surface area (Å²) in [6.45, 7) is 0.602. The molecular formula is C6H15ClNO+. The van der Waals surface area contributed by atoms with E-state index in [0.29, 0.717) is 6.61 Å². The number of nitrogens with zero attached hydrogens (tertiary/aromatic N) is 1. The van der Waals surface area contributed by atoms with Crippen molar-refractivity contribution in [3.8, 4) is 0 Å². The Morgan fingerprint density at radius 3 is 2.00 bits per heavy atom. The van der Waals surface area contributed by atoms with Crippen molar-refractivity contribution < 1.29 is 9.22 Å². The molecule has 0 bridgehead atoms. The van der Waals surface area contributed by atoms with Gasteiger partial charge in [0.2, 0.25) is 0 Å². The van der Waals surface area contributed by atoms with Gasteiger partial charge in [0.1, 0.15) is 6.61 Å². The van der Waals surface area contributed by atoms with E-state index < -0.39 is 0 Å². The summed E-state index contributed by atoms with van der Waals surface area (Å²) in [4.78, 5) is 0. The first-order chi connectivity index (χ1) is 3.98. The van der Waals surface area contributed by atoms with Gasteiger partial charge in [-0.1, -0.05) is 11.6 Å². The largest absolute Gasteiger partial charge is 0.377 e. The monoisotopic (exact) mass is 152 g/mol. The summed E-state index contributed by atoms with van der Waals surface area (Å²) in [5, 5.41) is 0. The first-order valence-corrected chi connectivity index (χ1v) is 3.36. The minimum absolute atomic E-state index is 0.0509. The van der Waals surface area contributed by atoms with Crippen LogP contribution in [-0.2, 0) is 4.74 Å². The van der Waals surface area contributed by atoms with Crippen LogP contribution in [0.5, 0.6) is 0 Å². The molecule has 0 radical (unpaired) electrons. The molecule has 0 fully saturated rings. The van der Waals surface area contributed by atoms with Crippen molar-refractivity contribution in [1.82, 2.24) is 0 Å². The normalized spacial score (nSPS) is 15.7. The molecule has 0 heterocycles. The van der Waals surface area contributed by atoms with Crippen LogP contribution in [0.1, 0.15) is 0 Å². The van der Waals surface area contributed by atoms with E-state index in [9.17, 15) is 0 Å². The van der Waals surface area contributed by atoms with E-state index in [1.807, 2.05) is 21.1 Å². The highest BCUT2D eigenvalue weighted by Gasteiger charge is 2.19. The fourth-order valence-electron chi connectivity index (χ4n) is 0.361. The van der Waals surface area contributed by atoms with Crippen molar-refractivity contribution in [2.75, 3.05) is 34.9 Å². The zero-order valence-electron chi connectivity index (χ0n) is 6.52. The maximum atomic E-state index is 5.90. The van der Waals surface area contributed by atoms with E-state index in [-0.39, 0.29) is 5.50 Å². The van der Waals surface area contributed by atoms with Crippen LogP contribution in [0.4, 0.5) is 0 Å². The number of hydrogen-bond acceptors (Lipinski definition) is 1. The molecule has 0 aliphatic heterocycles. The average Bonchev–Trinajstić information content (AvgIpc) is 1.64. The van der Waals surface area contributed by atoms with E-state index in [4.69, 9.17) is 16.3 Å². The van der Waals surface area contributed by atoms with Crippen molar-refractivity contribution in [3.63, 3.8) is 0 Å². The van der Waals surface area contributed by atoms with E-state index in [0.717, 1.165) is 4.48 Å². The third kappa shape index (κ3) is 3.73. The Balaban J connectivity index is 3.59. The summed E-state index contributed by atoms with van der Waals surface area (Å²) in [6, 6.07) is 0. The molecule has 2 nitrogen and oxygen atoms in total. The highest BCUT2D eigenvalue weighted by molar-refractivity contribution is 6.19. The smallest absolute Gasteiger partial charge is 0.187 e. The molecule has 56 valence electrons. The van der Waals surface area contributed by atoms with Crippen molar-refractivity contribution in [2.45, 2.75) is 5.50 Å². The number of hydrogen-bond donors (Lipinski definition) is 0. The molecule has 1 atom stereocenters. The van der Waals surface area contributed by atoms with Crippen LogP contribution in [-0.4, -0.2) is 44.8 Å². The van der Waals surface area contributed by atoms with Gasteiger partial charge in [-0.15, -0.1) is 0 Å². The predicted molar refractivity (Wildman–Crippen MR) is 39.5 cm³/mol. The lowest BCUT2D eigenvalue weighted by atomic mass is 10.5. The molecule has 0 aliphatic carbocycles. The van der Waals surface area contributed by atoms with Gasteiger partial charge in [-0.2, -0.15) is 0 Å². The number of alkyl halides is 1. The van der Waals surface area contributed by atoms with Crippen LogP contribution < -0.4 is 0 Å². The van der Waals surface area contributed by atoms with Gasteiger partial charge in [0.25, 0.3) is 0 Å². The quantitative estimate of drug-likeness (QED) is 0.332. The first-order valence-electron chi connectivity index (χ1n) is 2.92. The summed E-state index contributed by atoms with van der Waals surface area (Å²) >= 11 is 5.90. The minimum Gasteiger partial charge on any atom is -0.377 e. The minimum atomic E-state index is 0.0509. The molecule has 0 amide bonds. The van der Waals surface area contributed by atoms with Gasteiger partial charge < -0.3 is 9.22 Å². The fraction of sp³-hybridized carbons (Fsp3) is 1.00. The van der Waals surface area contributed by atoms with Crippen molar-refractivity contribution >= 4 is 11.6 Å². The van der Waals surface area contributed by atoms with Crippen LogP contribution in [0.25, 0.3) is 0 Å². The van der Waals surface area contributed by atoms with Crippen molar-refractivity contribution in [1.29, 1.82) is 0 Å². The molecule has 9 heavy (non-hydrogen) atoms. The third-order valence-electron chi connectivity index (χ3n) is 1.14. The van der Waals surface area contributed by atoms with Crippen LogP contribution in [0.3, 0.4) is 0 Å². The molecule has 0 aromatic heterocycles. The maximum Gasteiger partial charge on any atom is 0.187 e. The van der Waals surface area contributed by atoms with Gasteiger partial charge in [0.05, 0.1) is 21.1 Å². The molecule has 0 spiro atoms. The van der Waals surface area contributed by atoms with E-state index >= 15 is 0 Å². The van der Waals surface area contributed by atoms with E-state index in [1.54, 1.807) is 7.11 Å². The fourth-order valence-corrected chi connectivity index (χ4v) is 0.487. The maximum absolute atomic E-state index is 5.90. The zero-order valence-corrected chi connectivity index (χ0v) is 7.27. The second-order valence-electron chi connectivity index (χ2n) is 3.01. The lowest BCUT2D eigenvalue weighted by Crippen LogP contribution is -2.44. The topological polar surface area (TPSA) is 9.23 Å². The highest BCUT2D eigenvalue weighted by Crippen LogP contribution is 2.06. The molecule has 0 saturated carbocycles. The van der Waals surface area contributed by atoms with Gasteiger partial charge in [0.15, 0.2) is 5.50 Å². The molecule has 0 N–H and O–H groups in total. The van der Waals surface area contributed by atoms with Crippen LogP contribution in [0, 0.1) is 0 Å². The summed E-state index contributed by atoms with van der Waals surface area (Å²) in [5.41, 5.74) is 0.0509. The molecule has 0 aliphatic rings. The van der Waals surface area contributed by atoms with Crippen LogP contribution in [0.15, 0.2) is 0 Å².